The molecular formula is C11H17N3. The van der Waals surface area contributed by atoms with Gasteiger partial charge < -0.3 is 5.32 Å². The number of hydrogen-bond acceptors (Lipinski definition) is 2. The van der Waals surface area contributed by atoms with E-state index in [-0.39, 0.29) is 0 Å². The summed E-state index contributed by atoms with van der Waals surface area (Å²) in [5.74, 6) is 0.984. The summed E-state index contributed by atoms with van der Waals surface area (Å²) in [6.07, 6.45) is 8.46. The molecule has 2 N–H and O–H groups in total. The summed E-state index contributed by atoms with van der Waals surface area (Å²) in [7, 11) is 0. The number of hydrogen-bond donors (Lipinski definition) is 2. The maximum atomic E-state index is 4.09. The highest BCUT2D eigenvalue weighted by Crippen LogP contribution is 2.28. The molecule has 1 atom stereocenters. The maximum absolute atomic E-state index is 4.09. The molecule has 0 radical (unpaired) electrons. The van der Waals surface area contributed by atoms with Crippen molar-refractivity contribution in [1.29, 1.82) is 0 Å². The molecule has 1 saturated carbocycles. The molecule has 0 spiro atoms. The Morgan fingerprint density at radius 3 is 3.21 bits per heavy atom. The van der Waals surface area contributed by atoms with Gasteiger partial charge in [0.1, 0.15) is 0 Å². The first kappa shape index (κ1) is 8.48. The maximum Gasteiger partial charge on any atom is 0.0522 e. The van der Waals surface area contributed by atoms with E-state index >= 15 is 0 Å². The van der Waals surface area contributed by atoms with Crippen molar-refractivity contribution in [1.82, 2.24) is 15.5 Å². The number of fused-ring (bicyclic) bond motifs is 1. The van der Waals surface area contributed by atoms with Crippen molar-refractivity contribution in [3.8, 4) is 0 Å². The van der Waals surface area contributed by atoms with E-state index in [1.807, 2.05) is 6.20 Å². The minimum absolute atomic E-state index is 0.684. The largest absolute Gasteiger partial charge is 0.313 e. The SMILES string of the molecule is c1n[nH]c2c1CCC(NCC1CC1)C2. The van der Waals surface area contributed by atoms with Crippen LogP contribution in [-0.2, 0) is 12.8 Å². The van der Waals surface area contributed by atoms with E-state index in [1.54, 1.807) is 0 Å². The Morgan fingerprint density at radius 1 is 1.43 bits per heavy atom. The van der Waals surface area contributed by atoms with Crippen LogP contribution in [0.2, 0.25) is 0 Å². The molecule has 0 saturated heterocycles. The zero-order valence-electron chi connectivity index (χ0n) is 8.42. The normalized spacial score (nSPS) is 26.1. The van der Waals surface area contributed by atoms with Gasteiger partial charge >= 0.3 is 0 Å². The summed E-state index contributed by atoms with van der Waals surface area (Å²) in [4.78, 5) is 0. The van der Waals surface area contributed by atoms with Gasteiger partial charge in [-0.25, -0.2) is 0 Å². The quantitative estimate of drug-likeness (QED) is 0.755. The number of aromatic nitrogens is 2. The number of H-pyrrole nitrogens is 1. The first-order chi connectivity index (χ1) is 6.92. The van der Waals surface area contributed by atoms with Gasteiger partial charge in [-0.15, -0.1) is 0 Å². The third-order valence-corrected chi connectivity index (χ3v) is 3.41. The van der Waals surface area contributed by atoms with Gasteiger partial charge in [0.25, 0.3) is 0 Å². The number of aryl methyl sites for hydroxylation is 1. The van der Waals surface area contributed by atoms with Crippen molar-refractivity contribution in [3.63, 3.8) is 0 Å². The summed E-state index contributed by atoms with van der Waals surface area (Å²) in [5, 5.41) is 10.9. The van der Waals surface area contributed by atoms with Crippen LogP contribution in [0, 0.1) is 5.92 Å². The third-order valence-electron chi connectivity index (χ3n) is 3.41. The average molecular weight is 191 g/mol. The molecule has 76 valence electrons. The van der Waals surface area contributed by atoms with Gasteiger partial charge in [-0.3, -0.25) is 5.10 Å². The molecule has 3 nitrogen and oxygen atoms in total. The van der Waals surface area contributed by atoms with Crippen LogP contribution in [0.25, 0.3) is 0 Å². The van der Waals surface area contributed by atoms with Gasteiger partial charge in [0, 0.05) is 18.2 Å². The molecule has 1 heterocycles. The summed E-state index contributed by atoms with van der Waals surface area (Å²) >= 11 is 0. The van der Waals surface area contributed by atoms with Crippen LogP contribution in [0.15, 0.2) is 6.20 Å². The number of nitrogens with zero attached hydrogens (tertiary/aromatic N) is 1. The second-order valence-corrected chi connectivity index (χ2v) is 4.67. The van der Waals surface area contributed by atoms with Crippen LogP contribution in [-0.4, -0.2) is 22.8 Å². The van der Waals surface area contributed by atoms with E-state index < -0.39 is 0 Å². The summed E-state index contributed by atoms with van der Waals surface area (Å²) in [6.45, 7) is 1.23. The lowest BCUT2D eigenvalue weighted by atomic mass is 9.94. The zero-order valence-corrected chi connectivity index (χ0v) is 8.42. The minimum Gasteiger partial charge on any atom is -0.313 e. The van der Waals surface area contributed by atoms with Gasteiger partial charge in [0.2, 0.25) is 0 Å². The molecule has 1 fully saturated rings. The topological polar surface area (TPSA) is 40.7 Å². The van der Waals surface area contributed by atoms with E-state index in [0.29, 0.717) is 6.04 Å². The predicted octanol–water partition coefficient (Wildman–Crippen LogP) is 1.27. The van der Waals surface area contributed by atoms with Gasteiger partial charge in [-0.2, -0.15) is 5.10 Å². The van der Waals surface area contributed by atoms with Crippen molar-refractivity contribution < 1.29 is 0 Å². The van der Waals surface area contributed by atoms with E-state index in [2.05, 4.69) is 15.5 Å². The number of rotatable bonds is 3. The number of nitrogens with one attached hydrogen (secondary N) is 2. The second-order valence-electron chi connectivity index (χ2n) is 4.67. The Balaban J connectivity index is 1.57. The molecule has 0 aliphatic heterocycles. The molecule has 3 rings (SSSR count). The van der Waals surface area contributed by atoms with Gasteiger partial charge in [0.15, 0.2) is 0 Å². The van der Waals surface area contributed by atoms with Crippen LogP contribution in [0.5, 0.6) is 0 Å². The number of aromatic amines is 1. The van der Waals surface area contributed by atoms with E-state index in [0.717, 1.165) is 12.3 Å². The fourth-order valence-corrected chi connectivity index (χ4v) is 2.24. The monoisotopic (exact) mass is 191 g/mol. The fourth-order valence-electron chi connectivity index (χ4n) is 2.24. The van der Waals surface area contributed by atoms with E-state index in [4.69, 9.17) is 0 Å². The van der Waals surface area contributed by atoms with Crippen molar-refractivity contribution in [2.45, 2.75) is 38.1 Å². The molecule has 0 amide bonds. The van der Waals surface area contributed by atoms with Gasteiger partial charge in [-0.05, 0) is 43.7 Å². The summed E-state index contributed by atoms with van der Waals surface area (Å²) in [5.41, 5.74) is 2.78. The lowest BCUT2D eigenvalue weighted by Gasteiger charge is -2.22. The van der Waals surface area contributed by atoms with Crippen LogP contribution < -0.4 is 5.32 Å². The van der Waals surface area contributed by atoms with Crippen molar-refractivity contribution >= 4 is 0 Å². The summed E-state index contributed by atoms with van der Waals surface area (Å²) in [6, 6.07) is 0.684. The molecule has 0 bridgehead atoms. The predicted molar refractivity (Wildman–Crippen MR) is 55.1 cm³/mol. The molecule has 1 aromatic heterocycles. The molecular weight excluding hydrogens is 174 g/mol. The fraction of sp³-hybridized carbons (Fsp3) is 0.727. The Kier molecular flexibility index (Phi) is 2.05. The van der Waals surface area contributed by atoms with Crippen molar-refractivity contribution in [3.05, 3.63) is 17.5 Å². The molecule has 14 heavy (non-hydrogen) atoms. The van der Waals surface area contributed by atoms with Crippen molar-refractivity contribution in [2.24, 2.45) is 5.92 Å². The molecule has 2 aliphatic carbocycles. The van der Waals surface area contributed by atoms with Crippen LogP contribution >= 0.6 is 0 Å². The Morgan fingerprint density at radius 2 is 2.36 bits per heavy atom. The summed E-state index contributed by atoms with van der Waals surface area (Å²) < 4.78 is 0. The lowest BCUT2D eigenvalue weighted by Crippen LogP contribution is -2.35. The lowest BCUT2D eigenvalue weighted by molar-refractivity contribution is 0.445. The average Bonchev–Trinajstić information content (AvgIpc) is 2.92. The first-order valence-electron chi connectivity index (χ1n) is 5.66. The second kappa shape index (κ2) is 3.39. The highest BCUT2D eigenvalue weighted by molar-refractivity contribution is 5.20. The molecule has 0 aromatic carbocycles. The van der Waals surface area contributed by atoms with Crippen LogP contribution in [0.4, 0.5) is 0 Å². The highest BCUT2D eigenvalue weighted by Gasteiger charge is 2.24. The smallest absolute Gasteiger partial charge is 0.0522 e. The van der Waals surface area contributed by atoms with E-state index in [1.165, 1.54) is 43.5 Å². The Hall–Kier alpha value is -0.830. The van der Waals surface area contributed by atoms with Crippen LogP contribution in [0.1, 0.15) is 30.5 Å². The van der Waals surface area contributed by atoms with Crippen molar-refractivity contribution in [2.75, 3.05) is 6.54 Å². The first-order valence-corrected chi connectivity index (χ1v) is 5.66. The molecule has 2 aliphatic rings. The Labute approximate surface area is 84.3 Å². The molecule has 1 unspecified atom stereocenters. The van der Waals surface area contributed by atoms with Crippen LogP contribution in [0.3, 0.4) is 0 Å². The molecule has 3 heteroatoms. The van der Waals surface area contributed by atoms with Gasteiger partial charge in [0.05, 0.1) is 6.20 Å². The zero-order chi connectivity index (χ0) is 9.38. The van der Waals surface area contributed by atoms with E-state index in [9.17, 15) is 0 Å². The highest BCUT2D eigenvalue weighted by atomic mass is 15.1. The standard InChI is InChI=1S/C11H17N3/c1-2-8(1)6-12-10-4-3-9-7-13-14-11(9)5-10/h7-8,10,12H,1-6H2,(H,13,14). The minimum atomic E-state index is 0.684. The molecule has 1 aromatic rings. The third kappa shape index (κ3) is 1.69. The Bertz CT molecular complexity index is 314. The van der Waals surface area contributed by atoms with Gasteiger partial charge in [-0.1, -0.05) is 0 Å².